The summed E-state index contributed by atoms with van der Waals surface area (Å²) in [6.07, 6.45) is 0. The Morgan fingerprint density at radius 2 is 1.66 bits per heavy atom. The lowest BCUT2D eigenvalue weighted by molar-refractivity contribution is -0.132. The van der Waals surface area contributed by atoms with Crippen molar-refractivity contribution in [1.82, 2.24) is 0 Å². The van der Waals surface area contributed by atoms with E-state index >= 15 is 0 Å². The Balaban J connectivity index is 2.00. The highest BCUT2D eigenvalue weighted by Gasteiger charge is 2.47. The standard InChI is InChI=1S/C26H25NO4S/c1-14-9-15(2)12-18(11-14)27-22(20-7-6-8-32-20)21(24(29)26(27)30)23(28)19-13-16(3)10-17(4)25(19)31-5/h6-13,22,28H,1-5H3/b23-21-. The zero-order valence-corrected chi connectivity index (χ0v) is 19.5. The molecular formula is C26H25NO4S. The predicted octanol–water partition coefficient (Wildman–Crippen LogP) is 5.62. The highest BCUT2D eigenvalue weighted by atomic mass is 32.1. The number of ether oxygens (including phenoxy) is 1. The highest BCUT2D eigenvalue weighted by Crippen LogP contribution is 2.45. The van der Waals surface area contributed by atoms with Gasteiger partial charge >= 0.3 is 0 Å². The second-order valence-electron chi connectivity index (χ2n) is 8.19. The number of hydrogen-bond donors (Lipinski definition) is 1. The van der Waals surface area contributed by atoms with Crippen LogP contribution in [0.2, 0.25) is 0 Å². The van der Waals surface area contributed by atoms with E-state index in [1.54, 1.807) is 6.07 Å². The number of Topliss-reactive ketones (excluding diaryl/α,β-unsaturated/α-hetero) is 1. The van der Waals surface area contributed by atoms with Crippen molar-refractivity contribution < 1.29 is 19.4 Å². The normalized spacial score (nSPS) is 17.8. The Morgan fingerprint density at radius 1 is 1.00 bits per heavy atom. The van der Waals surface area contributed by atoms with Crippen LogP contribution in [0.3, 0.4) is 0 Å². The number of thiophene rings is 1. The molecule has 1 unspecified atom stereocenters. The number of aliphatic hydroxyl groups is 1. The summed E-state index contributed by atoms with van der Waals surface area (Å²) in [5, 5.41) is 13.3. The Hall–Kier alpha value is -3.38. The molecule has 0 saturated carbocycles. The van der Waals surface area contributed by atoms with Crippen LogP contribution in [0, 0.1) is 27.7 Å². The van der Waals surface area contributed by atoms with Gasteiger partial charge in [-0.05, 0) is 79.6 Å². The molecule has 6 heteroatoms. The first-order valence-electron chi connectivity index (χ1n) is 10.3. The first-order valence-corrected chi connectivity index (χ1v) is 11.2. The van der Waals surface area contributed by atoms with Crippen molar-refractivity contribution in [2.24, 2.45) is 0 Å². The number of amides is 1. The van der Waals surface area contributed by atoms with E-state index in [4.69, 9.17) is 4.74 Å². The van der Waals surface area contributed by atoms with E-state index in [9.17, 15) is 14.7 Å². The van der Waals surface area contributed by atoms with Crippen LogP contribution in [0.4, 0.5) is 5.69 Å². The third-order valence-electron chi connectivity index (χ3n) is 5.62. The van der Waals surface area contributed by atoms with Crippen molar-refractivity contribution in [2.45, 2.75) is 33.7 Å². The van der Waals surface area contributed by atoms with Gasteiger partial charge in [0.05, 0.1) is 18.2 Å². The summed E-state index contributed by atoms with van der Waals surface area (Å²) < 4.78 is 5.54. The molecule has 3 aromatic rings. The average molecular weight is 448 g/mol. The highest BCUT2D eigenvalue weighted by molar-refractivity contribution is 7.10. The minimum Gasteiger partial charge on any atom is -0.507 e. The first kappa shape index (κ1) is 21.8. The molecule has 1 amide bonds. The van der Waals surface area contributed by atoms with E-state index in [0.717, 1.165) is 27.1 Å². The number of aliphatic hydroxyl groups excluding tert-OH is 1. The second kappa shape index (κ2) is 8.28. The number of carbonyl (C=O) groups is 2. The third-order valence-corrected chi connectivity index (χ3v) is 6.54. The minimum atomic E-state index is -0.721. The number of aryl methyl sites for hydroxylation is 4. The van der Waals surface area contributed by atoms with Crippen molar-refractivity contribution in [1.29, 1.82) is 0 Å². The Labute approximate surface area is 191 Å². The van der Waals surface area contributed by atoms with E-state index in [2.05, 4.69) is 0 Å². The lowest BCUT2D eigenvalue weighted by Gasteiger charge is -2.25. The maximum absolute atomic E-state index is 13.3. The molecule has 1 atom stereocenters. The van der Waals surface area contributed by atoms with Gasteiger partial charge in [0.25, 0.3) is 11.7 Å². The number of carbonyl (C=O) groups excluding carboxylic acids is 2. The molecule has 2 aromatic carbocycles. The van der Waals surface area contributed by atoms with Gasteiger partial charge in [-0.1, -0.05) is 18.2 Å². The Kier molecular flexibility index (Phi) is 5.65. The number of hydrogen-bond acceptors (Lipinski definition) is 5. The molecule has 4 rings (SSSR count). The van der Waals surface area contributed by atoms with Crippen LogP contribution in [-0.4, -0.2) is 23.9 Å². The summed E-state index contributed by atoms with van der Waals surface area (Å²) in [4.78, 5) is 28.9. The van der Waals surface area contributed by atoms with E-state index in [0.29, 0.717) is 17.0 Å². The smallest absolute Gasteiger partial charge is 0.300 e. The monoisotopic (exact) mass is 447 g/mol. The Bertz CT molecular complexity index is 1240. The maximum atomic E-state index is 13.3. The first-order chi connectivity index (χ1) is 15.2. The average Bonchev–Trinajstić information content (AvgIpc) is 3.33. The predicted molar refractivity (Wildman–Crippen MR) is 127 cm³/mol. The number of rotatable bonds is 4. The molecule has 0 spiro atoms. The fraction of sp³-hybridized carbons (Fsp3) is 0.231. The van der Waals surface area contributed by atoms with Crippen LogP contribution in [0.25, 0.3) is 5.76 Å². The topological polar surface area (TPSA) is 66.8 Å². The second-order valence-corrected chi connectivity index (χ2v) is 9.17. The summed E-state index contributed by atoms with van der Waals surface area (Å²) in [6, 6.07) is 12.5. The van der Waals surface area contributed by atoms with E-state index in [1.807, 2.05) is 69.5 Å². The third kappa shape index (κ3) is 3.60. The zero-order chi connectivity index (χ0) is 23.2. The van der Waals surface area contributed by atoms with Crippen molar-refractivity contribution in [3.63, 3.8) is 0 Å². The van der Waals surface area contributed by atoms with Gasteiger partial charge in [-0.2, -0.15) is 0 Å². The molecule has 0 radical (unpaired) electrons. The molecule has 1 aliphatic rings. The lowest BCUT2D eigenvalue weighted by Crippen LogP contribution is -2.29. The van der Waals surface area contributed by atoms with Gasteiger partial charge in [0, 0.05) is 10.6 Å². The maximum Gasteiger partial charge on any atom is 0.300 e. The van der Waals surface area contributed by atoms with Gasteiger partial charge in [0.1, 0.15) is 17.6 Å². The summed E-state index contributed by atoms with van der Waals surface area (Å²) in [6.45, 7) is 7.70. The molecule has 1 aliphatic heterocycles. The van der Waals surface area contributed by atoms with Crippen LogP contribution >= 0.6 is 11.3 Å². The number of methoxy groups -OCH3 is 1. The van der Waals surface area contributed by atoms with Crippen LogP contribution < -0.4 is 9.64 Å². The van der Waals surface area contributed by atoms with Crippen LogP contribution in [0.1, 0.15) is 38.7 Å². The molecule has 0 bridgehead atoms. The van der Waals surface area contributed by atoms with Gasteiger partial charge < -0.3 is 9.84 Å². The fourth-order valence-corrected chi connectivity index (χ4v) is 5.27. The molecule has 0 aliphatic carbocycles. The van der Waals surface area contributed by atoms with Crippen LogP contribution in [0.5, 0.6) is 5.75 Å². The van der Waals surface area contributed by atoms with Crippen molar-refractivity contribution in [2.75, 3.05) is 12.0 Å². The van der Waals surface area contributed by atoms with Crippen molar-refractivity contribution >= 4 is 34.5 Å². The minimum absolute atomic E-state index is 0.0694. The molecule has 1 fully saturated rings. The largest absolute Gasteiger partial charge is 0.507 e. The molecule has 2 heterocycles. The summed E-state index contributed by atoms with van der Waals surface area (Å²) in [5.41, 5.74) is 4.84. The van der Waals surface area contributed by atoms with E-state index in [-0.39, 0.29) is 11.3 Å². The van der Waals surface area contributed by atoms with Crippen LogP contribution in [-0.2, 0) is 9.59 Å². The van der Waals surface area contributed by atoms with E-state index < -0.39 is 17.7 Å². The number of ketones is 1. The molecule has 32 heavy (non-hydrogen) atoms. The van der Waals surface area contributed by atoms with Gasteiger partial charge in [0.2, 0.25) is 0 Å². The van der Waals surface area contributed by atoms with Crippen molar-refractivity contribution in [3.8, 4) is 5.75 Å². The number of nitrogens with zero attached hydrogens (tertiary/aromatic N) is 1. The molecule has 1 saturated heterocycles. The van der Waals surface area contributed by atoms with Gasteiger partial charge in [-0.3, -0.25) is 14.5 Å². The molecule has 5 nitrogen and oxygen atoms in total. The van der Waals surface area contributed by atoms with Gasteiger partial charge in [0.15, 0.2) is 0 Å². The van der Waals surface area contributed by atoms with Gasteiger partial charge in [-0.25, -0.2) is 0 Å². The summed E-state index contributed by atoms with van der Waals surface area (Å²) in [5.74, 6) is -1.10. The molecule has 1 N–H and O–H groups in total. The fourth-order valence-electron chi connectivity index (χ4n) is 4.45. The van der Waals surface area contributed by atoms with Crippen molar-refractivity contribution in [3.05, 3.63) is 86.1 Å². The summed E-state index contributed by atoms with van der Waals surface area (Å²) >= 11 is 1.44. The molecule has 164 valence electrons. The SMILES string of the molecule is COc1c(C)cc(C)cc1/C(O)=C1/C(=O)C(=O)N(c2cc(C)cc(C)c2)C1c1cccs1. The number of anilines is 1. The van der Waals surface area contributed by atoms with E-state index in [1.165, 1.54) is 23.3 Å². The lowest BCUT2D eigenvalue weighted by atomic mass is 9.96. The zero-order valence-electron chi connectivity index (χ0n) is 18.7. The van der Waals surface area contributed by atoms with Crippen LogP contribution in [0.15, 0.2) is 53.4 Å². The quantitative estimate of drug-likeness (QED) is 0.320. The Morgan fingerprint density at radius 3 is 2.25 bits per heavy atom. The summed E-state index contributed by atoms with van der Waals surface area (Å²) in [7, 11) is 1.53. The van der Waals surface area contributed by atoms with Gasteiger partial charge in [-0.15, -0.1) is 11.3 Å². The number of benzene rings is 2. The molecule has 1 aromatic heterocycles. The molecular weight excluding hydrogens is 422 g/mol.